The highest BCUT2D eigenvalue weighted by Gasteiger charge is 2.11. The largest absolute Gasteiger partial charge is 0.495 e. The Balaban J connectivity index is 2.75. The Morgan fingerprint density at radius 2 is 2.00 bits per heavy atom. The Labute approximate surface area is 107 Å². The Morgan fingerprint density at radius 3 is 2.47 bits per heavy atom. The SMILES string of the molecule is CCN(CC)C(=O)Cc1ccc(OC)c(Cl)c1. The van der Waals surface area contributed by atoms with Gasteiger partial charge in [0.15, 0.2) is 0 Å². The number of rotatable bonds is 5. The molecule has 0 N–H and O–H groups in total. The average molecular weight is 256 g/mol. The predicted molar refractivity (Wildman–Crippen MR) is 69.6 cm³/mol. The lowest BCUT2D eigenvalue weighted by Crippen LogP contribution is -2.31. The van der Waals surface area contributed by atoms with E-state index in [1.165, 1.54) is 0 Å². The molecule has 1 aromatic carbocycles. The van der Waals surface area contributed by atoms with Gasteiger partial charge >= 0.3 is 0 Å². The van der Waals surface area contributed by atoms with Crippen molar-refractivity contribution in [1.82, 2.24) is 4.90 Å². The molecule has 0 heterocycles. The molecule has 0 aromatic heterocycles. The van der Waals surface area contributed by atoms with Crippen LogP contribution in [-0.2, 0) is 11.2 Å². The van der Waals surface area contributed by atoms with Crippen LogP contribution in [-0.4, -0.2) is 31.0 Å². The molecule has 0 unspecified atom stereocenters. The second kappa shape index (κ2) is 6.50. The molecule has 0 fully saturated rings. The zero-order chi connectivity index (χ0) is 12.8. The first-order chi connectivity index (χ1) is 8.12. The molecule has 0 aliphatic heterocycles. The van der Waals surface area contributed by atoms with E-state index in [4.69, 9.17) is 16.3 Å². The third-order valence-corrected chi connectivity index (χ3v) is 2.98. The van der Waals surface area contributed by atoms with Gasteiger partial charge in [-0.15, -0.1) is 0 Å². The summed E-state index contributed by atoms with van der Waals surface area (Å²) >= 11 is 6.01. The highest BCUT2D eigenvalue weighted by molar-refractivity contribution is 6.32. The standard InChI is InChI=1S/C13H18ClNO2/c1-4-15(5-2)13(16)9-10-6-7-12(17-3)11(14)8-10/h6-8H,4-5,9H2,1-3H3. The number of methoxy groups -OCH3 is 1. The monoisotopic (exact) mass is 255 g/mol. The highest BCUT2D eigenvalue weighted by Crippen LogP contribution is 2.25. The van der Waals surface area contributed by atoms with Crippen molar-refractivity contribution in [3.63, 3.8) is 0 Å². The molecule has 0 aliphatic carbocycles. The fourth-order valence-electron chi connectivity index (χ4n) is 1.68. The van der Waals surface area contributed by atoms with Gasteiger partial charge in [-0.1, -0.05) is 17.7 Å². The van der Waals surface area contributed by atoms with Gasteiger partial charge in [-0.2, -0.15) is 0 Å². The summed E-state index contributed by atoms with van der Waals surface area (Å²) in [5, 5.41) is 0.539. The van der Waals surface area contributed by atoms with Crippen LogP contribution in [0.4, 0.5) is 0 Å². The minimum absolute atomic E-state index is 0.122. The fraction of sp³-hybridized carbons (Fsp3) is 0.462. The van der Waals surface area contributed by atoms with Crippen LogP contribution in [0.15, 0.2) is 18.2 Å². The van der Waals surface area contributed by atoms with E-state index in [1.54, 1.807) is 24.1 Å². The number of carbonyl (C=O) groups excluding carboxylic acids is 1. The number of amides is 1. The lowest BCUT2D eigenvalue weighted by Gasteiger charge is -2.18. The molecule has 0 bridgehead atoms. The highest BCUT2D eigenvalue weighted by atomic mass is 35.5. The van der Waals surface area contributed by atoms with Crippen molar-refractivity contribution in [1.29, 1.82) is 0 Å². The average Bonchev–Trinajstić information content (AvgIpc) is 2.31. The van der Waals surface area contributed by atoms with E-state index >= 15 is 0 Å². The van der Waals surface area contributed by atoms with Gasteiger partial charge in [0, 0.05) is 13.1 Å². The second-order valence-electron chi connectivity index (χ2n) is 3.71. The summed E-state index contributed by atoms with van der Waals surface area (Å²) in [5.41, 5.74) is 0.910. The number of likely N-dealkylation sites (N-methyl/N-ethyl adjacent to an activating group) is 1. The third-order valence-electron chi connectivity index (χ3n) is 2.69. The third kappa shape index (κ3) is 3.63. The van der Waals surface area contributed by atoms with E-state index in [2.05, 4.69) is 0 Å². The van der Waals surface area contributed by atoms with Gasteiger partial charge in [-0.3, -0.25) is 4.79 Å². The summed E-state index contributed by atoms with van der Waals surface area (Å²) in [6.07, 6.45) is 0.380. The lowest BCUT2D eigenvalue weighted by atomic mass is 10.1. The minimum Gasteiger partial charge on any atom is -0.495 e. The molecule has 1 rings (SSSR count). The van der Waals surface area contributed by atoms with Gasteiger partial charge in [-0.25, -0.2) is 0 Å². The zero-order valence-corrected chi connectivity index (χ0v) is 11.3. The number of nitrogens with zero attached hydrogens (tertiary/aromatic N) is 1. The van der Waals surface area contributed by atoms with E-state index < -0.39 is 0 Å². The molecule has 0 radical (unpaired) electrons. The molecule has 0 aliphatic rings. The van der Waals surface area contributed by atoms with Crippen LogP contribution < -0.4 is 4.74 Å². The van der Waals surface area contributed by atoms with E-state index in [0.29, 0.717) is 17.2 Å². The van der Waals surface area contributed by atoms with Gasteiger partial charge < -0.3 is 9.64 Å². The van der Waals surface area contributed by atoms with Crippen molar-refractivity contribution in [2.75, 3.05) is 20.2 Å². The van der Waals surface area contributed by atoms with Crippen molar-refractivity contribution < 1.29 is 9.53 Å². The summed E-state index contributed by atoms with van der Waals surface area (Å²) in [6.45, 7) is 5.42. The van der Waals surface area contributed by atoms with Crippen LogP contribution in [0, 0.1) is 0 Å². The molecule has 4 heteroatoms. The lowest BCUT2D eigenvalue weighted by molar-refractivity contribution is -0.130. The fourth-order valence-corrected chi connectivity index (χ4v) is 1.96. The Morgan fingerprint density at radius 1 is 1.35 bits per heavy atom. The smallest absolute Gasteiger partial charge is 0.226 e. The summed E-state index contributed by atoms with van der Waals surface area (Å²) in [5.74, 6) is 0.752. The molecule has 17 heavy (non-hydrogen) atoms. The number of hydrogen-bond donors (Lipinski definition) is 0. The van der Waals surface area contributed by atoms with Crippen LogP contribution in [0.3, 0.4) is 0 Å². The Hall–Kier alpha value is -1.22. The topological polar surface area (TPSA) is 29.5 Å². The molecule has 0 saturated carbocycles. The van der Waals surface area contributed by atoms with Crippen molar-refractivity contribution in [3.8, 4) is 5.75 Å². The van der Waals surface area contributed by atoms with E-state index in [-0.39, 0.29) is 5.91 Å². The molecule has 3 nitrogen and oxygen atoms in total. The maximum Gasteiger partial charge on any atom is 0.226 e. The maximum absolute atomic E-state index is 11.9. The van der Waals surface area contributed by atoms with E-state index in [1.807, 2.05) is 19.9 Å². The minimum atomic E-state index is 0.122. The van der Waals surface area contributed by atoms with Crippen LogP contribution in [0.5, 0.6) is 5.75 Å². The predicted octanol–water partition coefficient (Wildman–Crippen LogP) is 2.76. The first-order valence-corrected chi connectivity index (χ1v) is 6.10. The number of halogens is 1. The quantitative estimate of drug-likeness (QED) is 0.810. The molecular formula is C13H18ClNO2. The summed E-state index contributed by atoms with van der Waals surface area (Å²) < 4.78 is 5.07. The molecular weight excluding hydrogens is 238 g/mol. The molecule has 0 saturated heterocycles. The summed E-state index contributed by atoms with van der Waals surface area (Å²) in [4.78, 5) is 13.7. The van der Waals surface area contributed by atoms with E-state index in [9.17, 15) is 4.79 Å². The Bertz CT molecular complexity index is 389. The normalized spacial score (nSPS) is 10.1. The number of benzene rings is 1. The van der Waals surface area contributed by atoms with Gasteiger partial charge in [0.25, 0.3) is 0 Å². The summed E-state index contributed by atoms with van der Waals surface area (Å²) in [7, 11) is 1.57. The first kappa shape index (κ1) is 13.8. The van der Waals surface area contributed by atoms with Crippen LogP contribution in [0.25, 0.3) is 0 Å². The molecule has 0 spiro atoms. The maximum atomic E-state index is 11.9. The number of hydrogen-bond acceptors (Lipinski definition) is 2. The zero-order valence-electron chi connectivity index (χ0n) is 10.5. The summed E-state index contributed by atoms with van der Waals surface area (Å²) in [6, 6.07) is 5.43. The van der Waals surface area contributed by atoms with E-state index in [0.717, 1.165) is 18.7 Å². The van der Waals surface area contributed by atoms with Crippen molar-refractivity contribution in [2.45, 2.75) is 20.3 Å². The molecule has 0 atom stereocenters. The van der Waals surface area contributed by atoms with Gasteiger partial charge in [0.2, 0.25) is 5.91 Å². The van der Waals surface area contributed by atoms with Gasteiger partial charge in [-0.05, 0) is 31.5 Å². The van der Waals surface area contributed by atoms with Crippen LogP contribution >= 0.6 is 11.6 Å². The van der Waals surface area contributed by atoms with Crippen molar-refractivity contribution >= 4 is 17.5 Å². The van der Waals surface area contributed by atoms with Crippen LogP contribution in [0.2, 0.25) is 5.02 Å². The Kier molecular flexibility index (Phi) is 5.29. The molecule has 1 aromatic rings. The number of carbonyl (C=O) groups is 1. The first-order valence-electron chi connectivity index (χ1n) is 5.72. The molecule has 94 valence electrons. The second-order valence-corrected chi connectivity index (χ2v) is 4.12. The van der Waals surface area contributed by atoms with Crippen molar-refractivity contribution in [3.05, 3.63) is 28.8 Å². The molecule has 1 amide bonds. The van der Waals surface area contributed by atoms with Crippen molar-refractivity contribution in [2.24, 2.45) is 0 Å². The number of ether oxygens (including phenoxy) is 1. The van der Waals surface area contributed by atoms with Gasteiger partial charge in [0.1, 0.15) is 5.75 Å². The van der Waals surface area contributed by atoms with Crippen LogP contribution in [0.1, 0.15) is 19.4 Å². The van der Waals surface area contributed by atoms with Gasteiger partial charge in [0.05, 0.1) is 18.6 Å².